The molecule has 10 heteroatoms. The van der Waals surface area contributed by atoms with Crippen LogP contribution in [0.4, 0.5) is 18.2 Å². The molecule has 2 aromatic carbocycles. The van der Waals surface area contributed by atoms with Gasteiger partial charge in [0.1, 0.15) is 12.3 Å². The molecule has 0 unspecified atom stereocenters. The molecular formula is C23H26BF3NO3S2. The number of hydrogen-bond acceptors (Lipinski definition) is 4. The number of rotatable bonds is 9. The molecule has 1 heterocycles. The normalized spacial score (nSPS) is 12.8. The third-order valence-corrected chi connectivity index (χ3v) is 8.41. The van der Waals surface area contributed by atoms with E-state index in [1.807, 2.05) is 32.3 Å². The minimum atomic E-state index is -4.30. The molecule has 33 heavy (non-hydrogen) atoms. The highest BCUT2D eigenvalue weighted by Gasteiger charge is 2.34. The van der Waals surface area contributed by atoms with E-state index >= 15 is 0 Å². The number of aliphatic hydroxyl groups is 1. The maximum absolute atomic E-state index is 13.7. The molecule has 0 saturated heterocycles. The second-order valence-electron chi connectivity index (χ2n) is 8.34. The minimum Gasteiger partial charge on any atom is -0.386 e. The van der Waals surface area contributed by atoms with Gasteiger partial charge < -0.3 is 5.11 Å². The number of hydrogen-bond donors (Lipinski definition) is 1. The van der Waals surface area contributed by atoms with Gasteiger partial charge in [0.25, 0.3) is 10.0 Å². The first-order valence-electron chi connectivity index (χ1n) is 10.6. The maximum atomic E-state index is 13.7. The Balaban J connectivity index is 2.11. The van der Waals surface area contributed by atoms with Crippen LogP contribution in [0, 0.1) is 0 Å². The molecule has 0 aliphatic heterocycles. The van der Waals surface area contributed by atoms with Crippen molar-refractivity contribution in [3.05, 3.63) is 54.1 Å². The zero-order chi connectivity index (χ0) is 24.4. The zero-order valence-corrected chi connectivity index (χ0v) is 20.3. The van der Waals surface area contributed by atoms with Gasteiger partial charge in [-0.1, -0.05) is 42.6 Å². The van der Waals surface area contributed by atoms with Crippen molar-refractivity contribution >= 4 is 49.2 Å². The molecule has 3 rings (SSSR count). The first-order chi connectivity index (χ1) is 15.3. The summed E-state index contributed by atoms with van der Waals surface area (Å²) in [6.07, 6.45) is -5.44. The first-order valence-corrected chi connectivity index (χ1v) is 12.8. The molecular weight excluding hydrogens is 470 g/mol. The van der Waals surface area contributed by atoms with Crippen LogP contribution in [-0.2, 0) is 15.6 Å². The molecule has 0 fully saturated rings. The zero-order valence-electron chi connectivity index (χ0n) is 18.7. The predicted octanol–water partition coefficient (Wildman–Crippen LogP) is 5.43. The lowest BCUT2D eigenvalue weighted by Crippen LogP contribution is -2.34. The van der Waals surface area contributed by atoms with E-state index in [4.69, 9.17) is 0 Å². The largest absolute Gasteiger partial charge is 0.389 e. The molecule has 0 bridgehead atoms. The number of unbranched alkanes of at least 4 members (excludes halogenated alkanes) is 1. The van der Waals surface area contributed by atoms with E-state index < -0.39 is 28.2 Å². The third kappa shape index (κ3) is 5.91. The Kier molecular flexibility index (Phi) is 7.50. The molecule has 1 radical (unpaired) electrons. The molecule has 3 aromatic rings. The highest BCUT2D eigenvalue weighted by Crippen LogP contribution is 2.45. The highest BCUT2D eigenvalue weighted by molar-refractivity contribution is 7.93. The maximum Gasteiger partial charge on any atom is 0.389 e. The summed E-state index contributed by atoms with van der Waals surface area (Å²) in [5.41, 5.74) is -0.0684. The Morgan fingerprint density at radius 3 is 2.24 bits per heavy atom. The summed E-state index contributed by atoms with van der Waals surface area (Å²) in [5.74, 6) is 0. The molecule has 0 aliphatic rings. The van der Waals surface area contributed by atoms with Crippen LogP contribution >= 0.6 is 11.3 Å². The summed E-state index contributed by atoms with van der Waals surface area (Å²) >= 11 is 1.21. The predicted molar refractivity (Wildman–Crippen MR) is 129 cm³/mol. The fourth-order valence-corrected chi connectivity index (χ4v) is 6.78. The Bertz CT molecular complexity index is 1200. The number of thiophene rings is 1. The van der Waals surface area contributed by atoms with Gasteiger partial charge in [-0.05, 0) is 44.9 Å². The summed E-state index contributed by atoms with van der Waals surface area (Å²) in [4.78, 5) is 0.0445. The number of fused-ring (bicyclic) bond motifs is 1. The van der Waals surface area contributed by atoms with Crippen molar-refractivity contribution in [2.75, 3.05) is 10.8 Å². The molecule has 0 spiro atoms. The lowest BCUT2D eigenvalue weighted by molar-refractivity contribution is -0.135. The van der Waals surface area contributed by atoms with Gasteiger partial charge in [-0.3, -0.25) is 4.31 Å². The molecule has 1 aromatic heterocycles. The van der Waals surface area contributed by atoms with Crippen molar-refractivity contribution in [1.82, 2.24) is 0 Å². The quantitative estimate of drug-likeness (QED) is 0.317. The number of sulfonamides is 1. The summed E-state index contributed by atoms with van der Waals surface area (Å²) in [6.45, 7) is 4.86. The summed E-state index contributed by atoms with van der Waals surface area (Å²) in [7, 11) is -2.25. The summed E-state index contributed by atoms with van der Waals surface area (Å²) < 4.78 is 67.3. The Morgan fingerprint density at radius 2 is 1.67 bits per heavy atom. The third-order valence-electron chi connectivity index (χ3n) is 5.29. The van der Waals surface area contributed by atoms with Gasteiger partial charge in [-0.15, -0.1) is 11.3 Å². The Labute approximate surface area is 197 Å². The fourth-order valence-electron chi connectivity index (χ4n) is 3.67. The van der Waals surface area contributed by atoms with E-state index in [9.17, 15) is 26.7 Å². The van der Waals surface area contributed by atoms with E-state index in [1.165, 1.54) is 23.5 Å². The molecule has 4 nitrogen and oxygen atoms in total. The average Bonchev–Trinajstić information content (AvgIpc) is 3.12. The van der Waals surface area contributed by atoms with E-state index in [2.05, 4.69) is 0 Å². The van der Waals surface area contributed by atoms with E-state index in [0.717, 1.165) is 19.9 Å². The van der Waals surface area contributed by atoms with Crippen molar-refractivity contribution in [1.29, 1.82) is 0 Å². The second kappa shape index (κ2) is 9.68. The van der Waals surface area contributed by atoms with Crippen molar-refractivity contribution in [3.63, 3.8) is 0 Å². The average molecular weight is 496 g/mol. The van der Waals surface area contributed by atoms with Crippen LogP contribution in [0.2, 0.25) is 6.82 Å². The fraction of sp³-hybridized carbons (Fsp3) is 0.391. The molecule has 0 aliphatic carbocycles. The van der Waals surface area contributed by atoms with Crippen LogP contribution < -0.4 is 9.77 Å². The lowest BCUT2D eigenvalue weighted by Gasteiger charge is -2.28. The van der Waals surface area contributed by atoms with Gasteiger partial charge in [0.15, 0.2) is 0 Å². The lowest BCUT2D eigenvalue weighted by atomic mass is 9.74. The first kappa shape index (κ1) is 25.6. The molecule has 0 saturated carbocycles. The Morgan fingerprint density at radius 1 is 1.03 bits per heavy atom. The van der Waals surface area contributed by atoms with Gasteiger partial charge in [-0.25, -0.2) is 8.42 Å². The second-order valence-corrected chi connectivity index (χ2v) is 11.2. The van der Waals surface area contributed by atoms with Gasteiger partial charge in [0, 0.05) is 28.6 Å². The van der Waals surface area contributed by atoms with Gasteiger partial charge in [0.2, 0.25) is 0 Å². The van der Waals surface area contributed by atoms with Crippen LogP contribution in [0.3, 0.4) is 0 Å². The number of anilines is 1. The van der Waals surface area contributed by atoms with E-state index in [1.54, 1.807) is 32.0 Å². The SMILES string of the molecule is C[B]c1ccc(S(=O)(=O)N(CCCCC(F)(F)F)c2sc3ccccc3c2C(C)(C)O)cc1. The van der Waals surface area contributed by atoms with Crippen molar-refractivity contribution < 1.29 is 26.7 Å². The number of alkyl halides is 3. The van der Waals surface area contributed by atoms with Crippen molar-refractivity contribution in [2.24, 2.45) is 0 Å². The monoisotopic (exact) mass is 496 g/mol. The minimum absolute atomic E-state index is 0.0269. The summed E-state index contributed by atoms with van der Waals surface area (Å²) in [6, 6.07) is 13.6. The van der Waals surface area contributed by atoms with E-state index in [0.29, 0.717) is 10.6 Å². The molecule has 0 atom stereocenters. The van der Waals surface area contributed by atoms with Crippen LogP contribution in [0.25, 0.3) is 10.1 Å². The van der Waals surface area contributed by atoms with Gasteiger partial charge >= 0.3 is 6.18 Å². The molecule has 177 valence electrons. The van der Waals surface area contributed by atoms with Crippen LogP contribution in [-0.4, -0.2) is 33.5 Å². The van der Waals surface area contributed by atoms with Gasteiger partial charge in [-0.2, -0.15) is 13.2 Å². The number of benzene rings is 2. The Hall–Kier alpha value is -2.04. The van der Waals surface area contributed by atoms with E-state index in [-0.39, 0.29) is 24.3 Å². The van der Waals surface area contributed by atoms with Crippen LogP contribution in [0.15, 0.2) is 53.4 Å². The smallest absolute Gasteiger partial charge is 0.386 e. The highest BCUT2D eigenvalue weighted by atomic mass is 32.2. The standard InChI is InChI=1S/C23H26BF3NO3S2/c1-22(2,29)20-18-8-4-5-9-19(18)32-21(20)28(15-7-6-14-23(25,26)27)33(30,31)17-12-10-16(24-3)11-13-17/h4-5,8-13,29H,6-7,14-15H2,1-3H3. The number of nitrogens with zero attached hydrogens (tertiary/aromatic N) is 1. The van der Waals surface area contributed by atoms with Crippen LogP contribution in [0.5, 0.6) is 0 Å². The van der Waals surface area contributed by atoms with Crippen molar-refractivity contribution in [3.8, 4) is 0 Å². The van der Waals surface area contributed by atoms with Crippen molar-refractivity contribution in [2.45, 2.75) is 56.6 Å². The van der Waals surface area contributed by atoms with Crippen LogP contribution in [0.1, 0.15) is 38.7 Å². The van der Waals surface area contributed by atoms with Gasteiger partial charge in [0.05, 0.1) is 10.5 Å². The summed E-state index contributed by atoms with van der Waals surface area (Å²) in [5, 5.41) is 12.0. The molecule has 0 amide bonds. The number of halogens is 3. The molecule has 1 N–H and O–H groups in total. The topological polar surface area (TPSA) is 57.6 Å².